The molecule has 1 amide bonds. The number of carbonyl (C=O) groups is 1. The molecule has 0 saturated heterocycles. The SMILES string of the molecule is CC(NC1C(=O)Nc2ccc(Cl)cc21)c1ccccc1Cl. The van der Waals surface area contributed by atoms with Crippen molar-refractivity contribution in [3.63, 3.8) is 0 Å². The van der Waals surface area contributed by atoms with E-state index in [4.69, 9.17) is 23.2 Å². The summed E-state index contributed by atoms with van der Waals surface area (Å²) in [6, 6.07) is 12.5. The summed E-state index contributed by atoms with van der Waals surface area (Å²) in [4.78, 5) is 12.1. The molecule has 2 unspecified atom stereocenters. The van der Waals surface area contributed by atoms with Gasteiger partial charge in [-0.2, -0.15) is 0 Å². The molecule has 5 heteroatoms. The van der Waals surface area contributed by atoms with Crippen molar-refractivity contribution in [1.29, 1.82) is 0 Å². The Balaban J connectivity index is 1.87. The average molecular weight is 321 g/mol. The smallest absolute Gasteiger partial charge is 0.246 e. The molecule has 3 nitrogen and oxygen atoms in total. The van der Waals surface area contributed by atoms with Gasteiger partial charge >= 0.3 is 0 Å². The van der Waals surface area contributed by atoms with E-state index in [1.807, 2.05) is 43.3 Å². The van der Waals surface area contributed by atoms with E-state index in [2.05, 4.69) is 10.6 Å². The van der Waals surface area contributed by atoms with Crippen molar-refractivity contribution in [3.05, 3.63) is 63.6 Å². The van der Waals surface area contributed by atoms with Crippen LogP contribution in [0.4, 0.5) is 5.69 Å². The highest BCUT2D eigenvalue weighted by Crippen LogP contribution is 2.35. The number of benzene rings is 2. The summed E-state index contributed by atoms with van der Waals surface area (Å²) in [5.41, 5.74) is 2.63. The maximum Gasteiger partial charge on any atom is 0.246 e. The van der Waals surface area contributed by atoms with Gasteiger partial charge in [0.2, 0.25) is 5.91 Å². The van der Waals surface area contributed by atoms with E-state index in [1.54, 1.807) is 6.07 Å². The van der Waals surface area contributed by atoms with Crippen LogP contribution in [0.5, 0.6) is 0 Å². The summed E-state index contributed by atoms with van der Waals surface area (Å²) in [5, 5.41) is 7.46. The van der Waals surface area contributed by atoms with Crippen molar-refractivity contribution in [2.24, 2.45) is 0 Å². The molecule has 1 aliphatic heterocycles. The normalized spacial score (nSPS) is 18.2. The van der Waals surface area contributed by atoms with E-state index < -0.39 is 6.04 Å². The molecule has 0 spiro atoms. The summed E-state index contributed by atoms with van der Waals surface area (Å²) >= 11 is 12.2. The fourth-order valence-electron chi connectivity index (χ4n) is 2.56. The third-order valence-electron chi connectivity index (χ3n) is 3.63. The summed E-state index contributed by atoms with van der Waals surface area (Å²) in [5.74, 6) is -0.0776. The van der Waals surface area contributed by atoms with Gasteiger partial charge in [-0.15, -0.1) is 0 Å². The van der Waals surface area contributed by atoms with Crippen molar-refractivity contribution in [2.75, 3.05) is 5.32 Å². The molecule has 21 heavy (non-hydrogen) atoms. The molecular weight excluding hydrogens is 307 g/mol. The number of nitrogens with one attached hydrogen (secondary N) is 2. The minimum Gasteiger partial charge on any atom is -0.324 e. The van der Waals surface area contributed by atoms with E-state index in [0.29, 0.717) is 10.0 Å². The molecule has 0 fully saturated rings. The van der Waals surface area contributed by atoms with Gasteiger partial charge in [0.25, 0.3) is 0 Å². The Hall–Kier alpha value is -1.55. The Morgan fingerprint density at radius 1 is 1.19 bits per heavy atom. The first-order valence-electron chi connectivity index (χ1n) is 6.67. The van der Waals surface area contributed by atoms with Gasteiger partial charge in [0, 0.05) is 27.3 Å². The fourth-order valence-corrected chi connectivity index (χ4v) is 3.04. The van der Waals surface area contributed by atoms with Crippen LogP contribution in [-0.4, -0.2) is 5.91 Å². The Labute approximate surface area is 133 Å². The highest BCUT2D eigenvalue weighted by Gasteiger charge is 2.31. The second-order valence-corrected chi connectivity index (χ2v) is 5.91. The van der Waals surface area contributed by atoms with Crippen LogP contribution in [0, 0.1) is 0 Å². The molecule has 2 atom stereocenters. The molecule has 108 valence electrons. The summed E-state index contributed by atoms with van der Waals surface area (Å²) in [6.07, 6.45) is 0. The Bertz CT molecular complexity index is 702. The maximum absolute atomic E-state index is 12.1. The first-order valence-corrected chi connectivity index (χ1v) is 7.42. The third-order valence-corrected chi connectivity index (χ3v) is 4.21. The van der Waals surface area contributed by atoms with Crippen LogP contribution < -0.4 is 10.6 Å². The average Bonchev–Trinajstić information content (AvgIpc) is 2.75. The number of amides is 1. The van der Waals surface area contributed by atoms with Crippen LogP contribution in [0.25, 0.3) is 0 Å². The maximum atomic E-state index is 12.1. The minimum absolute atomic E-state index is 0.0561. The number of fused-ring (bicyclic) bond motifs is 1. The van der Waals surface area contributed by atoms with Crippen LogP contribution in [0.1, 0.15) is 30.1 Å². The van der Waals surface area contributed by atoms with E-state index in [-0.39, 0.29) is 11.9 Å². The van der Waals surface area contributed by atoms with E-state index in [1.165, 1.54) is 0 Å². The molecule has 2 N–H and O–H groups in total. The second kappa shape index (κ2) is 5.68. The van der Waals surface area contributed by atoms with Gasteiger partial charge in [0.05, 0.1) is 0 Å². The van der Waals surface area contributed by atoms with Crippen molar-refractivity contribution >= 4 is 34.8 Å². The van der Waals surface area contributed by atoms with Gasteiger partial charge in [-0.25, -0.2) is 0 Å². The molecule has 3 rings (SSSR count). The predicted molar refractivity (Wildman–Crippen MR) is 85.8 cm³/mol. The molecule has 2 aromatic rings. The number of anilines is 1. The number of carbonyl (C=O) groups excluding carboxylic acids is 1. The van der Waals surface area contributed by atoms with Gasteiger partial charge < -0.3 is 5.32 Å². The largest absolute Gasteiger partial charge is 0.324 e. The number of rotatable bonds is 3. The van der Waals surface area contributed by atoms with Gasteiger partial charge in [-0.1, -0.05) is 41.4 Å². The van der Waals surface area contributed by atoms with Crippen LogP contribution in [-0.2, 0) is 4.79 Å². The molecular formula is C16H14Cl2N2O. The number of halogens is 2. The van der Waals surface area contributed by atoms with E-state index in [0.717, 1.165) is 16.8 Å². The monoisotopic (exact) mass is 320 g/mol. The quantitative estimate of drug-likeness (QED) is 0.883. The van der Waals surface area contributed by atoms with Gasteiger partial charge in [0.1, 0.15) is 6.04 Å². The molecule has 2 aromatic carbocycles. The van der Waals surface area contributed by atoms with E-state index >= 15 is 0 Å². The molecule has 0 radical (unpaired) electrons. The lowest BCUT2D eigenvalue weighted by Crippen LogP contribution is -2.30. The zero-order valence-electron chi connectivity index (χ0n) is 11.4. The van der Waals surface area contributed by atoms with Gasteiger partial charge in [-0.05, 0) is 36.8 Å². The van der Waals surface area contributed by atoms with Crippen LogP contribution in [0.3, 0.4) is 0 Å². The topological polar surface area (TPSA) is 41.1 Å². The highest BCUT2D eigenvalue weighted by atomic mass is 35.5. The van der Waals surface area contributed by atoms with Crippen molar-refractivity contribution in [3.8, 4) is 0 Å². The molecule has 1 heterocycles. The molecule has 0 aliphatic carbocycles. The zero-order valence-corrected chi connectivity index (χ0v) is 12.9. The lowest BCUT2D eigenvalue weighted by atomic mass is 10.0. The van der Waals surface area contributed by atoms with Crippen LogP contribution in [0.2, 0.25) is 10.0 Å². The highest BCUT2D eigenvalue weighted by molar-refractivity contribution is 6.31. The first-order chi connectivity index (χ1) is 10.1. The summed E-state index contributed by atoms with van der Waals surface area (Å²) in [6.45, 7) is 1.98. The molecule has 0 aromatic heterocycles. The summed E-state index contributed by atoms with van der Waals surface area (Å²) in [7, 11) is 0. The molecule has 0 bridgehead atoms. The Morgan fingerprint density at radius 3 is 2.71 bits per heavy atom. The second-order valence-electron chi connectivity index (χ2n) is 5.06. The first kappa shape index (κ1) is 14.4. The van der Waals surface area contributed by atoms with Crippen molar-refractivity contribution < 1.29 is 4.79 Å². The van der Waals surface area contributed by atoms with Crippen LogP contribution in [0.15, 0.2) is 42.5 Å². The standard InChI is InChI=1S/C16H14Cl2N2O/c1-9(11-4-2-3-5-13(11)18)19-15-12-8-10(17)6-7-14(12)20-16(15)21/h2-9,15,19H,1H3,(H,20,21). The fraction of sp³-hybridized carbons (Fsp3) is 0.188. The summed E-state index contributed by atoms with van der Waals surface area (Å²) < 4.78 is 0. The zero-order chi connectivity index (χ0) is 15.0. The van der Waals surface area contributed by atoms with E-state index in [9.17, 15) is 4.79 Å². The van der Waals surface area contributed by atoms with Gasteiger partial charge in [-0.3, -0.25) is 10.1 Å². The predicted octanol–water partition coefficient (Wildman–Crippen LogP) is 4.34. The van der Waals surface area contributed by atoms with Gasteiger partial charge in [0.15, 0.2) is 0 Å². The number of hydrogen-bond donors (Lipinski definition) is 2. The Morgan fingerprint density at radius 2 is 1.95 bits per heavy atom. The lowest BCUT2D eigenvalue weighted by molar-refractivity contribution is -0.117. The lowest BCUT2D eigenvalue weighted by Gasteiger charge is -2.20. The minimum atomic E-state index is -0.426. The molecule has 1 aliphatic rings. The van der Waals surface area contributed by atoms with Crippen molar-refractivity contribution in [1.82, 2.24) is 5.32 Å². The van der Waals surface area contributed by atoms with Crippen LogP contribution >= 0.6 is 23.2 Å². The van der Waals surface area contributed by atoms with Crippen molar-refractivity contribution in [2.45, 2.75) is 19.0 Å². The molecule has 0 saturated carbocycles. The Kier molecular flexibility index (Phi) is 3.89. The number of hydrogen-bond acceptors (Lipinski definition) is 2. The third kappa shape index (κ3) is 2.77.